The molecule has 1 saturated heterocycles. The molecule has 0 bridgehead atoms. The van der Waals surface area contributed by atoms with Gasteiger partial charge in [-0.1, -0.05) is 35.3 Å². The average Bonchev–Trinajstić information content (AvgIpc) is 2.63. The molecule has 1 aliphatic heterocycles. The number of hydrogen-bond donors (Lipinski definition) is 2. The number of halogens is 2. The Balaban J connectivity index is 1.60. The van der Waals surface area contributed by atoms with Crippen LogP contribution in [0.2, 0.25) is 10.0 Å². The second-order valence-corrected chi connectivity index (χ2v) is 7.60. The number of anilines is 1. The van der Waals surface area contributed by atoms with Crippen molar-refractivity contribution in [2.24, 2.45) is 11.7 Å². The second-order valence-electron chi connectivity index (χ2n) is 6.75. The van der Waals surface area contributed by atoms with Crippen molar-refractivity contribution < 1.29 is 9.59 Å². The zero-order valence-electron chi connectivity index (χ0n) is 14.8. The van der Waals surface area contributed by atoms with Gasteiger partial charge in [0.05, 0.1) is 16.5 Å². The van der Waals surface area contributed by atoms with E-state index in [-0.39, 0.29) is 17.7 Å². The fourth-order valence-electron chi connectivity index (χ4n) is 3.26. The van der Waals surface area contributed by atoms with Crippen LogP contribution in [0.15, 0.2) is 42.5 Å². The zero-order valence-corrected chi connectivity index (χ0v) is 16.3. The number of nitrogens with two attached hydrogens (primary N) is 1. The predicted molar refractivity (Wildman–Crippen MR) is 108 cm³/mol. The number of amides is 2. The van der Waals surface area contributed by atoms with E-state index in [2.05, 4.69) is 10.2 Å². The number of piperidine rings is 1. The average molecular weight is 406 g/mol. The van der Waals surface area contributed by atoms with Gasteiger partial charge in [-0.2, -0.15) is 0 Å². The van der Waals surface area contributed by atoms with Gasteiger partial charge in [-0.15, -0.1) is 0 Å². The van der Waals surface area contributed by atoms with Gasteiger partial charge in [-0.05, 0) is 55.3 Å². The summed E-state index contributed by atoms with van der Waals surface area (Å²) in [7, 11) is 0. The lowest BCUT2D eigenvalue weighted by molar-refractivity contribution is -0.123. The Morgan fingerprint density at radius 3 is 2.56 bits per heavy atom. The van der Waals surface area contributed by atoms with E-state index in [1.165, 1.54) is 0 Å². The van der Waals surface area contributed by atoms with E-state index >= 15 is 0 Å². The Morgan fingerprint density at radius 1 is 1.15 bits per heavy atom. The van der Waals surface area contributed by atoms with Gasteiger partial charge in [0.1, 0.15) is 0 Å². The molecule has 2 aromatic rings. The summed E-state index contributed by atoms with van der Waals surface area (Å²) in [6.45, 7) is 2.40. The van der Waals surface area contributed by atoms with Crippen LogP contribution in [-0.2, 0) is 11.3 Å². The van der Waals surface area contributed by atoms with Crippen molar-refractivity contribution in [2.45, 2.75) is 19.4 Å². The number of nitrogens with zero attached hydrogens (tertiary/aromatic N) is 1. The lowest BCUT2D eigenvalue weighted by Gasteiger charge is -2.31. The van der Waals surface area contributed by atoms with Crippen LogP contribution in [0.25, 0.3) is 0 Å². The maximum absolute atomic E-state index is 12.4. The third-order valence-corrected chi connectivity index (χ3v) is 5.25. The van der Waals surface area contributed by atoms with E-state index < -0.39 is 0 Å². The van der Waals surface area contributed by atoms with Crippen molar-refractivity contribution in [3.8, 4) is 0 Å². The highest BCUT2D eigenvalue weighted by molar-refractivity contribution is 6.37. The van der Waals surface area contributed by atoms with Gasteiger partial charge in [0.25, 0.3) is 5.91 Å². The van der Waals surface area contributed by atoms with Gasteiger partial charge in [-0.3, -0.25) is 14.5 Å². The van der Waals surface area contributed by atoms with E-state index in [9.17, 15) is 9.59 Å². The summed E-state index contributed by atoms with van der Waals surface area (Å²) in [6, 6.07) is 12.4. The summed E-state index contributed by atoms with van der Waals surface area (Å²) in [6.07, 6.45) is 1.84. The Hall–Kier alpha value is -2.08. The number of nitrogens with one attached hydrogen (secondary N) is 1. The second kappa shape index (κ2) is 8.74. The van der Waals surface area contributed by atoms with E-state index in [0.29, 0.717) is 27.8 Å². The number of carbonyl (C=O) groups excluding carboxylic acids is 2. The fraction of sp³-hybridized carbons (Fsp3) is 0.300. The first-order chi connectivity index (χ1) is 12.9. The summed E-state index contributed by atoms with van der Waals surface area (Å²) >= 11 is 11.9. The number of hydrogen-bond acceptors (Lipinski definition) is 3. The highest BCUT2D eigenvalue weighted by Gasteiger charge is 2.23. The van der Waals surface area contributed by atoms with Crippen LogP contribution in [0, 0.1) is 5.92 Å². The normalized spacial score (nSPS) is 17.5. The summed E-state index contributed by atoms with van der Waals surface area (Å²) in [4.78, 5) is 26.0. The number of rotatable bonds is 5. The number of likely N-dealkylation sites (tertiary alicyclic amines) is 1. The molecule has 0 spiro atoms. The molecule has 2 aromatic carbocycles. The van der Waals surface area contributed by atoms with Crippen LogP contribution in [-0.4, -0.2) is 29.8 Å². The molecule has 1 aliphatic rings. The smallest absolute Gasteiger partial charge is 0.257 e. The largest absolute Gasteiger partial charge is 0.369 e. The van der Waals surface area contributed by atoms with Crippen LogP contribution >= 0.6 is 23.2 Å². The highest BCUT2D eigenvalue weighted by Crippen LogP contribution is 2.23. The first-order valence-electron chi connectivity index (χ1n) is 8.79. The Bertz CT molecular complexity index is 840. The standard InChI is InChI=1S/C20H21Cl2N3O2/c21-15-5-8-17(18(22)10-15)20(27)24-16-6-3-13(4-7-16)11-25-9-1-2-14(12-25)19(23)26/h3-8,10,14H,1-2,9,11-12H2,(H2,23,26)(H,24,27)/t14-/m0/s1. The Labute approximate surface area is 168 Å². The summed E-state index contributed by atoms with van der Waals surface area (Å²) < 4.78 is 0. The maximum atomic E-state index is 12.4. The molecule has 0 saturated carbocycles. The van der Waals surface area contributed by atoms with Gasteiger partial charge in [0.15, 0.2) is 0 Å². The number of carbonyl (C=O) groups is 2. The molecule has 1 fully saturated rings. The minimum absolute atomic E-state index is 0.0681. The first kappa shape index (κ1) is 19.7. The molecule has 1 atom stereocenters. The molecular weight excluding hydrogens is 385 g/mol. The molecule has 0 unspecified atom stereocenters. The van der Waals surface area contributed by atoms with Gasteiger partial charge in [-0.25, -0.2) is 0 Å². The molecule has 5 nitrogen and oxygen atoms in total. The molecule has 142 valence electrons. The Kier molecular flexibility index (Phi) is 6.37. The monoisotopic (exact) mass is 405 g/mol. The van der Waals surface area contributed by atoms with Gasteiger partial charge in [0.2, 0.25) is 5.91 Å². The van der Waals surface area contributed by atoms with E-state index in [1.54, 1.807) is 18.2 Å². The van der Waals surface area contributed by atoms with Crippen molar-refractivity contribution in [3.05, 3.63) is 63.6 Å². The molecule has 0 radical (unpaired) electrons. The quantitative estimate of drug-likeness (QED) is 0.790. The minimum atomic E-state index is -0.287. The molecule has 2 amide bonds. The van der Waals surface area contributed by atoms with Gasteiger partial charge < -0.3 is 11.1 Å². The van der Waals surface area contributed by atoms with Crippen LogP contribution < -0.4 is 11.1 Å². The van der Waals surface area contributed by atoms with Crippen LogP contribution in [0.4, 0.5) is 5.69 Å². The number of benzene rings is 2. The van der Waals surface area contributed by atoms with Crippen molar-refractivity contribution in [1.29, 1.82) is 0 Å². The molecule has 1 heterocycles. The molecule has 0 aromatic heterocycles. The summed E-state index contributed by atoms with van der Waals surface area (Å²) in [5.74, 6) is -0.579. The molecule has 0 aliphatic carbocycles. The van der Waals surface area contributed by atoms with Crippen molar-refractivity contribution in [3.63, 3.8) is 0 Å². The van der Waals surface area contributed by atoms with Crippen LogP contribution in [0.3, 0.4) is 0 Å². The molecule has 3 N–H and O–H groups in total. The zero-order chi connectivity index (χ0) is 19.4. The van der Waals surface area contributed by atoms with E-state index in [1.807, 2.05) is 24.3 Å². The maximum Gasteiger partial charge on any atom is 0.257 e. The first-order valence-corrected chi connectivity index (χ1v) is 9.55. The highest BCUT2D eigenvalue weighted by atomic mass is 35.5. The molecule has 3 rings (SSSR count). The molecule has 27 heavy (non-hydrogen) atoms. The lowest BCUT2D eigenvalue weighted by atomic mass is 9.97. The van der Waals surface area contributed by atoms with Crippen molar-refractivity contribution >= 4 is 40.7 Å². The fourth-order valence-corrected chi connectivity index (χ4v) is 3.75. The van der Waals surface area contributed by atoms with Crippen LogP contribution in [0.5, 0.6) is 0 Å². The Morgan fingerprint density at radius 2 is 1.89 bits per heavy atom. The van der Waals surface area contributed by atoms with Crippen molar-refractivity contribution in [2.75, 3.05) is 18.4 Å². The summed E-state index contributed by atoms with van der Waals surface area (Å²) in [5, 5.41) is 3.62. The molecule has 7 heteroatoms. The molecular formula is C20H21Cl2N3O2. The number of primary amides is 1. The van der Waals surface area contributed by atoms with Gasteiger partial charge in [0, 0.05) is 23.8 Å². The summed E-state index contributed by atoms with van der Waals surface area (Å²) in [5.41, 5.74) is 7.60. The minimum Gasteiger partial charge on any atom is -0.369 e. The van der Waals surface area contributed by atoms with E-state index in [4.69, 9.17) is 28.9 Å². The third-order valence-electron chi connectivity index (χ3n) is 4.70. The SMILES string of the molecule is NC(=O)[C@H]1CCCN(Cc2ccc(NC(=O)c3ccc(Cl)cc3Cl)cc2)C1. The van der Waals surface area contributed by atoms with Gasteiger partial charge >= 0.3 is 0 Å². The third kappa shape index (κ3) is 5.22. The van der Waals surface area contributed by atoms with Crippen LogP contribution in [0.1, 0.15) is 28.8 Å². The lowest BCUT2D eigenvalue weighted by Crippen LogP contribution is -2.40. The van der Waals surface area contributed by atoms with Crippen molar-refractivity contribution in [1.82, 2.24) is 4.90 Å². The van der Waals surface area contributed by atoms with E-state index in [0.717, 1.165) is 31.5 Å². The predicted octanol–water partition coefficient (Wildman–Crippen LogP) is 3.94. The topological polar surface area (TPSA) is 75.4 Å².